The van der Waals surface area contributed by atoms with Gasteiger partial charge in [-0.1, -0.05) is 18.2 Å². The maximum Gasteiger partial charge on any atom is 0.122 e. The molecule has 2 aromatic rings. The zero-order valence-electron chi connectivity index (χ0n) is 12.6. The molecule has 0 saturated heterocycles. The first-order valence-electron chi connectivity index (χ1n) is 6.82. The van der Waals surface area contributed by atoms with Gasteiger partial charge in [0.25, 0.3) is 0 Å². The van der Waals surface area contributed by atoms with Gasteiger partial charge in [0, 0.05) is 16.8 Å². The molecule has 1 aromatic carbocycles. The van der Waals surface area contributed by atoms with Crippen molar-refractivity contribution < 1.29 is 4.74 Å². The molecule has 0 aliphatic heterocycles. The number of hydrogen-bond acceptors (Lipinski definition) is 4. The predicted molar refractivity (Wildman–Crippen MR) is 84.4 cm³/mol. The van der Waals surface area contributed by atoms with Gasteiger partial charge < -0.3 is 10.5 Å². The molecule has 4 heteroatoms. The largest absolute Gasteiger partial charge is 0.493 e. The van der Waals surface area contributed by atoms with Crippen LogP contribution in [-0.4, -0.2) is 11.6 Å². The van der Waals surface area contributed by atoms with Crippen molar-refractivity contribution in [3.05, 3.63) is 45.4 Å². The van der Waals surface area contributed by atoms with Gasteiger partial charge in [-0.2, -0.15) is 0 Å². The molecule has 0 bridgehead atoms. The summed E-state index contributed by atoms with van der Waals surface area (Å²) in [7, 11) is 0. The summed E-state index contributed by atoms with van der Waals surface area (Å²) in [6, 6.07) is 8.06. The molecule has 0 amide bonds. The molecule has 0 atom stereocenters. The highest BCUT2D eigenvalue weighted by Gasteiger charge is 2.21. The number of ether oxygens (including phenoxy) is 1. The van der Waals surface area contributed by atoms with E-state index in [1.165, 1.54) is 0 Å². The minimum absolute atomic E-state index is 0.323. The number of nitrogens with two attached hydrogens (primary N) is 1. The van der Waals surface area contributed by atoms with Crippen molar-refractivity contribution in [2.45, 2.75) is 39.7 Å². The first-order chi connectivity index (χ1) is 9.38. The SMILES string of the molecule is Cc1ccccc1OCCc1nc(C)c(C(C)(C)N)s1. The van der Waals surface area contributed by atoms with E-state index in [1.54, 1.807) is 11.3 Å². The summed E-state index contributed by atoms with van der Waals surface area (Å²) in [5, 5.41) is 1.09. The highest BCUT2D eigenvalue weighted by molar-refractivity contribution is 7.11. The van der Waals surface area contributed by atoms with Crippen LogP contribution in [0.25, 0.3) is 0 Å². The lowest BCUT2D eigenvalue weighted by molar-refractivity contribution is 0.319. The van der Waals surface area contributed by atoms with Gasteiger partial charge in [-0.25, -0.2) is 4.98 Å². The third kappa shape index (κ3) is 3.58. The third-order valence-corrected chi connectivity index (χ3v) is 4.65. The number of benzene rings is 1. The molecule has 20 heavy (non-hydrogen) atoms. The van der Waals surface area contributed by atoms with Crippen LogP contribution in [0.3, 0.4) is 0 Å². The van der Waals surface area contributed by atoms with Crippen LogP contribution in [0.4, 0.5) is 0 Å². The van der Waals surface area contributed by atoms with Crippen molar-refractivity contribution in [1.82, 2.24) is 4.98 Å². The second-order valence-electron chi connectivity index (χ2n) is 5.61. The number of thiazole rings is 1. The van der Waals surface area contributed by atoms with Crippen molar-refractivity contribution in [3.8, 4) is 5.75 Å². The summed E-state index contributed by atoms with van der Waals surface area (Å²) in [6.07, 6.45) is 0.815. The molecule has 1 aromatic heterocycles. The Morgan fingerprint density at radius 1 is 1.25 bits per heavy atom. The fourth-order valence-corrected chi connectivity index (χ4v) is 3.18. The van der Waals surface area contributed by atoms with E-state index in [2.05, 4.69) is 18.0 Å². The Morgan fingerprint density at radius 2 is 1.95 bits per heavy atom. The Balaban J connectivity index is 1.97. The first kappa shape index (κ1) is 15.0. The van der Waals surface area contributed by atoms with Crippen LogP contribution in [0.15, 0.2) is 24.3 Å². The number of nitrogens with zero attached hydrogens (tertiary/aromatic N) is 1. The van der Waals surface area contributed by atoms with Crippen molar-refractivity contribution in [1.29, 1.82) is 0 Å². The highest BCUT2D eigenvalue weighted by Crippen LogP contribution is 2.28. The standard InChI is InChI=1S/C16H22N2OS/c1-11-7-5-6-8-13(11)19-10-9-14-18-12(2)15(20-14)16(3,4)17/h5-8H,9-10,17H2,1-4H3. The van der Waals surface area contributed by atoms with Crippen molar-refractivity contribution in [3.63, 3.8) is 0 Å². The first-order valence-corrected chi connectivity index (χ1v) is 7.63. The smallest absolute Gasteiger partial charge is 0.122 e. The van der Waals surface area contributed by atoms with Gasteiger partial charge in [-0.15, -0.1) is 11.3 Å². The van der Waals surface area contributed by atoms with E-state index in [1.807, 2.05) is 39.0 Å². The van der Waals surface area contributed by atoms with Crippen molar-refractivity contribution in [2.24, 2.45) is 5.73 Å². The van der Waals surface area contributed by atoms with Gasteiger partial charge in [-0.05, 0) is 39.3 Å². The molecule has 108 valence electrons. The molecule has 1 heterocycles. The number of hydrogen-bond donors (Lipinski definition) is 1. The minimum Gasteiger partial charge on any atom is -0.493 e. The average molecular weight is 290 g/mol. The molecular weight excluding hydrogens is 268 g/mol. The predicted octanol–water partition coefficient (Wildman–Crippen LogP) is 3.58. The summed E-state index contributed by atoms with van der Waals surface area (Å²) in [4.78, 5) is 5.75. The Kier molecular flexibility index (Phi) is 4.45. The van der Waals surface area contributed by atoms with Crippen LogP contribution < -0.4 is 10.5 Å². The van der Waals surface area contributed by atoms with Crippen molar-refractivity contribution in [2.75, 3.05) is 6.61 Å². The normalized spacial score (nSPS) is 11.7. The van der Waals surface area contributed by atoms with Crippen LogP contribution in [-0.2, 0) is 12.0 Å². The monoisotopic (exact) mass is 290 g/mol. The Morgan fingerprint density at radius 3 is 2.55 bits per heavy atom. The topological polar surface area (TPSA) is 48.1 Å². The zero-order chi connectivity index (χ0) is 14.8. The summed E-state index contributed by atoms with van der Waals surface area (Å²) in [5.74, 6) is 0.945. The lowest BCUT2D eigenvalue weighted by atomic mass is 10.0. The molecule has 0 unspecified atom stereocenters. The summed E-state index contributed by atoms with van der Waals surface area (Å²) < 4.78 is 5.81. The lowest BCUT2D eigenvalue weighted by Gasteiger charge is -2.16. The van der Waals surface area contributed by atoms with E-state index < -0.39 is 0 Å². The van der Waals surface area contributed by atoms with Crippen LogP contribution in [0, 0.1) is 13.8 Å². The van der Waals surface area contributed by atoms with Gasteiger partial charge in [0.05, 0.1) is 17.3 Å². The maximum absolute atomic E-state index is 6.15. The molecule has 0 aliphatic carbocycles. The Hall–Kier alpha value is -1.39. The number of aromatic nitrogens is 1. The molecule has 3 nitrogen and oxygen atoms in total. The molecule has 0 radical (unpaired) electrons. The lowest BCUT2D eigenvalue weighted by Crippen LogP contribution is -2.28. The summed E-state index contributed by atoms with van der Waals surface area (Å²) in [6.45, 7) is 8.74. The Bertz CT molecular complexity index is 584. The van der Waals surface area contributed by atoms with E-state index in [9.17, 15) is 0 Å². The van der Waals surface area contributed by atoms with Crippen LogP contribution in [0.1, 0.15) is 35.0 Å². The van der Waals surface area contributed by atoms with Crippen LogP contribution in [0.2, 0.25) is 0 Å². The van der Waals surface area contributed by atoms with E-state index in [0.717, 1.165) is 33.3 Å². The fourth-order valence-electron chi connectivity index (χ4n) is 2.12. The molecular formula is C16H22N2OS. The maximum atomic E-state index is 6.15. The minimum atomic E-state index is -0.323. The highest BCUT2D eigenvalue weighted by atomic mass is 32.1. The van der Waals surface area contributed by atoms with Crippen molar-refractivity contribution >= 4 is 11.3 Å². The van der Waals surface area contributed by atoms with E-state index in [-0.39, 0.29) is 5.54 Å². The summed E-state index contributed by atoms with van der Waals surface area (Å²) >= 11 is 1.69. The van der Waals surface area contributed by atoms with E-state index in [0.29, 0.717) is 6.61 Å². The third-order valence-electron chi connectivity index (χ3n) is 3.09. The van der Waals surface area contributed by atoms with E-state index >= 15 is 0 Å². The second-order valence-corrected chi connectivity index (χ2v) is 6.69. The molecule has 0 spiro atoms. The van der Waals surface area contributed by atoms with Gasteiger partial charge in [-0.3, -0.25) is 0 Å². The second kappa shape index (κ2) is 5.94. The molecule has 2 rings (SSSR count). The zero-order valence-corrected chi connectivity index (χ0v) is 13.4. The Labute approximate surface area is 124 Å². The molecule has 0 aliphatic rings. The molecule has 2 N–H and O–H groups in total. The number of aryl methyl sites for hydroxylation is 2. The fraction of sp³-hybridized carbons (Fsp3) is 0.438. The quantitative estimate of drug-likeness (QED) is 0.915. The van der Waals surface area contributed by atoms with Gasteiger partial charge in [0.1, 0.15) is 5.75 Å². The van der Waals surface area contributed by atoms with E-state index in [4.69, 9.17) is 10.5 Å². The van der Waals surface area contributed by atoms with Gasteiger partial charge in [0.15, 0.2) is 0 Å². The molecule has 0 saturated carbocycles. The summed E-state index contributed by atoms with van der Waals surface area (Å²) in [5.41, 5.74) is 8.02. The van der Waals surface area contributed by atoms with Crippen LogP contribution >= 0.6 is 11.3 Å². The van der Waals surface area contributed by atoms with Crippen LogP contribution in [0.5, 0.6) is 5.75 Å². The van der Waals surface area contributed by atoms with Gasteiger partial charge in [0.2, 0.25) is 0 Å². The van der Waals surface area contributed by atoms with Gasteiger partial charge >= 0.3 is 0 Å². The number of para-hydroxylation sites is 1. The molecule has 0 fully saturated rings. The average Bonchev–Trinajstić information content (AvgIpc) is 2.73. The number of rotatable bonds is 5.